The minimum Gasteiger partial charge on any atom is -0.459 e. The number of benzene rings is 3. The van der Waals surface area contributed by atoms with E-state index in [1.165, 1.54) is 24.3 Å². The van der Waals surface area contributed by atoms with E-state index in [1.807, 2.05) is 51.1 Å². The zero-order chi connectivity index (χ0) is 25.9. The number of hydrogen-bond acceptors (Lipinski definition) is 6. The first-order chi connectivity index (χ1) is 17.1. The van der Waals surface area contributed by atoms with Crippen LogP contribution in [-0.2, 0) is 22.5 Å². The van der Waals surface area contributed by atoms with Crippen LogP contribution in [0.15, 0.2) is 72.8 Å². The number of hydrogen-bond donors (Lipinski definition) is 1. The van der Waals surface area contributed by atoms with Crippen molar-refractivity contribution in [2.75, 3.05) is 5.32 Å². The molecule has 0 unspecified atom stereocenters. The van der Waals surface area contributed by atoms with Crippen LogP contribution in [0.5, 0.6) is 0 Å². The maximum Gasteiger partial charge on any atom is 0.326 e. The molecular formula is C27H26N4O5. The van der Waals surface area contributed by atoms with Crippen LogP contribution in [0.4, 0.5) is 11.4 Å². The maximum absolute atomic E-state index is 12.7. The third-order valence-electron chi connectivity index (χ3n) is 5.34. The lowest BCUT2D eigenvalue weighted by molar-refractivity contribution is -0.384. The van der Waals surface area contributed by atoms with Crippen LogP contribution in [0.1, 0.15) is 42.5 Å². The molecule has 3 aromatic carbocycles. The molecule has 184 valence electrons. The van der Waals surface area contributed by atoms with Crippen LogP contribution < -0.4 is 5.32 Å². The van der Waals surface area contributed by atoms with Gasteiger partial charge in [0.25, 0.3) is 11.6 Å². The number of nitro benzene ring substituents is 1. The van der Waals surface area contributed by atoms with Gasteiger partial charge in [-0.05, 0) is 56.7 Å². The third-order valence-corrected chi connectivity index (χ3v) is 5.34. The number of imidazole rings is 1. The summed E-state index contributed by atoms with van der Waals surface area (Å²) in [5.41, 5.74) is 2.47. The number of aromatic nitrogens is 2. The van der Waals surface area contributed by atoms with Crippen LogP contribution in [0.3, 0.4) is 0 Å². The highest BCUT2D eigenvalue weighted by molar-refractivity contribution is 6.05. The summed E-state index contributed by atoms with van der Waals surface area (Å²) in [6.45, 7) is 5.41. The van der Waals surface area contributed by atoms with E-state index in [4.69, 9.17) is 9.72 Å². The Morgan fingerprint density at radius 3 is 2.36 bits per heavy atom. The minimum atomic E-state index is -0.628. The standard InChI is InChI=1S/C27H26N4O5/c1-27(2,3)36-25(32)17-30-23-16-20(28-26(33)19-9-12-21(13-10-19)31(34)35)11-14-22(23)29-24(30)15-18-7-5-4-6-8-18/h4-14,16H,15,17H2,1-3H3,(H,28,33). The van der Waals surface area contributed by atoms with Gasteiger partial charge in [-0.25, -0.2) is 4.98 Å². The first kappa shape index (κ1) is 24.6. The predicted molar refractivity (Wildman–Crippen MR) is 136 cm³/mol. The number of nitrogens with one attached hydrogen (secondary N) is 1. The molecule has 9 heteroatoms. The van der Waals surface area contributed by atoms with Crippen LogP contribution in [-0.4, -0.2) is 32.0 Å². The monoisotopic (exact) mass is 486 g/mol. The summed E-state index contributed by atoms with van der Waals surface area (Å²) in [7, 11) is 0. The molecule has 1 N–H and O–H groups in total. The van der Waals surface area contributed by atoms with Crippen molar-refractivity contribution in [1.82, 2.24) is 9.55 Å². The molecule has 0 bridgehead atoms. The van der Waals surface area contributed by atoms with Crippen molar-refractivity contribution in [3.05, 3.63) is 99.9 Å². The molecule has 4 aromatic rings. The van der Waals surface area contributed by atoms with Gasteiger partial charge in [-0.15, -0.1) is 0 Å². The van der Waals surface area contributed by atoms with Gasteiger partial charge in [0, 0.05) is 29.8 Å². The Bertz CT molecular complexity index is 1420. The number of nitro groups is 1. The number of anilines is 1. The zero-order valence-corrected chi connectivity index (χ0v) is 20.2. The highest BCUT2D eigenvalue weighted by Gasteiger charge is 2.20. The molecule has 0 radical (unpaired) electrons. The van der Waals surface area contributed by atoms with E-state index in [0.717, 1.165) is 5.56 Å². The lowest BCUT2D eigenvalue weighted by Crippen LogP contribution is -2.27. The van der Waals surface area contributed by atoms with Crippen molar-refractivity contribution < 1.29 is 19.2 Å². The smallest absolute Gasteiger partial charge is 0.326 e. The van der Waals surface area contributed by atoms with E-state index in [1.54, 1.807) is 22.8 Å². The van der Waals surface area contributed by atoms with Crippen LogP contribution in [0.2, 0.25) is 0 Å². The number of rotatable bonds is 7. The highest BCUT2D eigenvalue weighted by atomic mass is 16.6. The van der Waals surface area contributed by atoms with E-state index in [0.29, 0.717) is 29.0 Å². The summed E-state index contributed by atoms with van der Waals surface area (Å²) in [6, 6.07) is 20.4. The summed E-state index contributed by atoms with van der Waals surface area (Å²) in [5, 5.41) is 13.7. The second-order valence-corrected chi connectivity index (χ2v) is 9.32. The van der Waals surface area contributed by atoms with Gasteiger partial charge in [-0.1, -0.05) is 30.3 Å². The first-order valence-electron chi connectivity index (χ1n) is 11.4. The van der Waals surface area contributed by atoms with Crippen molar-refractivity contribution in [1.29, 1.82) is 0 Å². The molecule has 0 saturated heterocycles. The molecule has 0 fully saturated rings. The van der Waals surface area contributed by atoms with Crippen molar-refractivity contribution in [2.45, 2.75) is 39.3 Å². The predicted octanol–water partition coefficient (Wildman–Crippen LogP) is 5.13. The number of carbonyl (C=O) groups excluding carboxylic acids is 2. The van der Waals surface area contributed by atoms with Crippen LogP contribution >= 0.6 is 0 Å². The Labute approximate surface area is 207 Å². The molecule has 0 aliphatic rings. The number of carbonyl (C=O) groups is 2. The SMILES string of the molecule is CC(C)(C)OC(=O)Cn1c(Cc2ccccc2)nc2ccc(NC(=O)c3ccc([N+](=O)[O-])cc3)cc21. The molecule has 0 atom stereocenters. The fourth-order valence-electron chi connectivity index (χ4n) is 3.78. The molecule has 1 aromatic heterocycles. The maximum atomic E-state index is 12.7. The van der Waals surface area contributed by atoms with Gasteiger partial charge in [0.2, 0.25) is 0 Å². The van der Waals surface area contributed by atoms with Gasteiger partial charge < -0.3 is 14.6 Å². The van der Waals surface area contributed by atoms with Gasteiger partial charge in [-0.2, -0.15) is 0 Å². The van der Waals surface area contributed by atoms with Gasteiger partial charge in [0.05, 0.1) is 16.0 Å². The van der Waals surface area contributed by atoms with Crippen molar-refractivity contribution in [2.24, 2.45) is 0 Å². The topological polar surface area (TPSA) is 116 Å². The van der Waals surface area contributed by atoms with E-state index >= 15 is 0 Å². The molecule has 0 spiro atoms. The van der Waals surface area contributed by atoms with E-state index in [2.05, 4.69) is 5.32 Å². The number of fused-ring (bicyclic) bond motifs is 1. The molecule has 1 heterocycles. The summed E-state index contributed by atoms with van der Waals surface area (Å²) >= 11 is 0. The molecule has 0 saturated carbocycles. The Kier molecular flexibility index (Phi) is 6.82. The van der Waals surface area contributed by atoms with Crippen LogP contribution in [0, 0.1) is 10.1 Å². The molecule has 4 rings (SSSR count). The lowest BCUT2D eigenvalue weighted by Gasteiger charge is -2.20. The van der Waals surface area contributed by atoms with Crippen molar-refractivity contribution >= 4 is 34.3 Å². The molecule has 9 nitrogen and oxygen atoms in total. The van der Waals surface area contributed by atoms with Gasteiger partial charge in [0.15, 0.2) is 0 Å². The number of nitrogens with zero attached hydrogens (tertiary/aromatic N) is 3. The summed E-state index contributed by atoms with van der Waals surface area (Å²) < 4.78 is 7.34. The lowest BCUT2D eigenvalue weighted by atomic mass is 10.1. The number of amides is 1. The average Bonchev–Trinajstić information content (AvgIpc) is 3.14. The minimum absolute atomic E-state index is 0.0321. The molecule has 0 aliphatic carbocycles. The Morgan fingerprint density at radius 2 is 1.72 bits per heavy atom. The molecular weight excluding hydrogens is 460 g/mol. The molecule has 0 aliphatic heterocycles. The molecule has 1 amide bonds. The van der Waals surface area contributed by atoms with Crippen molar-refractivity contribution in [3.8, 4) is 0 Å². The van der Waals surface area contributed by atoms with Crippen LogP contribution in [0.25, 0.3) is 11.0 Å². The quantitative estimate of drug-likeness (QED) is 0.220. The fraction of sp³-hybridized carbons (Fsp3) is 0.222. The second kappa shape index (κ2) is 9.99. The highest BCUT2D eigenvalue weighted by Crippen LogP contribution is 2.24. The normalized spacial score (nSPS) is 11.3. The van der Waals surface area contributed by atoms with E-state index < -0.39 is 22.4 Å². The summed E-state index contributed by atoms with van der Waals surface area (Å²) in [6.07, 6.45) is 0.517. The summed E-state index contributed by atoms with van der Waals surface area (Å²) in [4.78, 5) is 40.5. The Hall–Kier alpha value is -4.53. The first-order valence-corrected chi connectivity index (χ1v) is 11.4. The third kappa shape index (κ3) is 5.93. The van der Waals surface area contributed by atoms with Crippen molar-refractivity contribution in [3.63, 3.8) is 0 Å². The van der Waals surface area contributed by atoms with E-state index in [-0.39, 0.29) is 17.8 Å². The number of esters is 1. The van der Waals surface area contributed by atoms with Gasteiger partial charge in [-0.3, -0.25) is 19.7 Å². The Balaban J connectivity index is 1.65. The van der Waals surface area contributed by atoms with Gasteiger partial charge >= 0.3 is 5.97 Å². The fourth-order valence-corrected chi connectivity index (χ4v) is 3.78. The summed E-state index contributed by atoms with van der Waals surface area (Å²) in [5.74, 6) is -0.107. The Morgan fingerprint density at radius 1 is 1.03 bits per heavy atom. The molecule has 36 heavy (non-hydrogen) atoms. The largest absolute Gasteiger partial charge is 0.459 e. The zero-order valence-electron chi connectivity index (χ0n) is 20.2. The number of non-ortho nitro benzene ring substituents is 1. The van der Waals surface area contributed by atoms with Gasteiger partial charge in [0.1, 0.15) is 18.0 Å². The number of ether oxygens (including phenoxy) is 1. The van der Waals surface area contributed by atoms with E-state index in [9.17, 15) is 19.7 Å². The average molecular weight is 487 g/mol. The second-order valence-electron chi connectivity index (χ2n) is 9.32.